The lowest BCUT2D eigenvalue weighted by molar-refractivity contribution is -0.120. The molecule has 2 rings (SSSR count). The van der Waals surface area contributed by atoms with Gasteiger partial charge in [-0.25, -0.2) is 0 Å². The maximum Gasteiger partial charge on any atom is 0.224 e. The fourth-order valence-corrected chi connectivity index (χ4v) is 1.82. The molecule has 0 radical (unpaired) electrons. The van der Waals surface area contributed by atoms with Crippen molar-refractivity contribution in [1.29, 1.82) is 0 Å². The summed E-state index contributed by atoms with van der Waals surface area (Å²) in [5.74, 6) is 0.0144. The zero-order chi connectivity index (χ0) is 13.7. The smallest absolute Gasteiger partial charge is 0.224 e. The van der Waals surface area contributed by atoms with Crippen molar-refractivity contribution in [3.8, 4) is 5.75 Å². The molecule has 0 unspecified atom stereocenters. The quantitative estimate of drug-likeness (QED) is 0.901. The number of carbonyl (C=O) groups is 1. The van der Waals surface area contributed by atoms with Crippen LogP contribution in [0.3, 0.4) is 0 Å². The molecule has 0 bridgehead atoms. The molecule has 0 atom stereocenters. The highest BCUT2D eigenvalue weighted by molar-refractivity contribution is 6.30. The second-order valence-electron chi connectivity index (χ2n) is 4.21. The van der Waals surface area contributed by atoms with Gasteiger partial charge in [0.05, 0.1) is 6.42 Å². The molecule has 0 aromatic heterocycles. The number of benzene rings is 2. The van der Waals surface area contributed by atoms with Gasteiger partial charge in [-0.2, -0.15) is 0 Å². The zero-order valence-corrected chi connectivity index (χ0v) is 11.0. The van der Waals surface area contributed by atoms with Crippen molar-refractivity contribution in [2.75, 3.05) is 0 Å². The molecule has 0 fully saturated rings. The number of aromatic hydroxyl groups is 1. The first kappa shape index (κ1) is 13.4. The fraction of sp³-hybridized carbons (Fsp3) is 0.133. The highest BCUT2D eigenvalue weighted by Crippen LogP contribution is 2.16. The molecule has 2 aromatic rings. The average Bonchev–Trinajstić information content (AvgIpc) is 2.41. The van der Waals surface area contributed by atoms with Gasteiger partial charge in [-0.1, -0.05) is 41.9 Å². The van der Waals surface area contributed by atoms with Gasteiger partial charge >= 0.3 is 0 Å². The first-order chi connectivity index (χ1) is 9.15. The molecule has 2 aromatic carbocycles. The summed E-state index contributed by atoms with van der Waals surface area (Å²) >= 11 is 5.78. The Bertz CT molecular complexity index is 567. The molecule has 0 aliphatic rings. The number of phenolic OH excluding ortho intramolecular Hbond substituents is 1. The average molecular weight is 276 g/mol. The first-order valence-corrected chi connectivity index (χ1v) is 6.31. The van der Waals surface area contributed by atoms with Gasteiger partial charge < -0.3 is 10.4 Å². The predicted molar refractivity (Wildman–Crippen MR) is 75.1 cm³/mol. The van der Waals surface area contributed by atoms with Gasteiger partial charge in [0.25, 0.3) is 0 Å². The molecule has 0 aliphatic carbocycles. The Kier molecular flexibility index (Phi) is 4.42. The van der Waals surface area contributed by atoms with Crippen LogP contribution in [0.4, 0.5) is 0 Å². The molecule has 2 N–H and O–H groups in total. The van der Waals surface area contributed by atoms with Crippen molar-refractivity contribution in [1.82, 2.24) is 5.32 Å². The Morgan fingerprint density at radius 3 is 2.47 bits per heavy atom. The summed E-state index contributed by atoms with van der Waals surface area (Å²) in [5, 5.41) is 13.1. The van der Waals surface area contributed by atoms with Crippen LogP contribution in [0.15, 0.2) is 48.5 Å². The molecule has 0 spiro atoms. The highest BCUT2D eigenvalue weighted by atomic mass is 35.5. The maximum absolute atomic E-state index is 11.8. The maximum atomic E-state index is 11.8. The van der Waals surface area contributed by atoms with E-state index in [-0.39, 0.29) is 18.1 Å². The minimum Gasteiger partial charge on any atom is -0.508 e. The molecule has 3 nitrogen and oxygen atoms in total. The number of carbonyl (C=O) groups excluding carboxylic acids is 1. The zero-order valence-electron chi connectivity index (χ0n) is 10.3. The summed E-state index contributed by atoms with van der Waals surface area (Å²) in [4.78, 5) is 11.8. The van der Waals surface area contributed by atoms with E-state index in [1.807, 2.05) is 12.1 Å². The normalized spacial score (nSPS) is 10.2. The summed E-state index contributed by atoms with van der Waals surface area (Å²) in [6, 6.07) is 14.1. The van der Waals surface area contributed by atoms with E-state index >= 15 is 0 Å². The van der Waals surface area contributed by atoms with Crippen molar-refractivity contribution in [2.45, 2.75) is 13.0 Å². The number of nitrogens with one attached hydrogen (secondary N) is 1. The monoisotopic (exact) mass is 275 g/mol. The lowest BCUT2D eigenvalue weighted by Crippen LogP contribution is -2.24. The van der Waals surface area contributed by atoms with Gasteiger partial charge in [-0.3, -0.25) is 4.79 Å². The molecule has 0 saturated carbocycles. The lowest BCUT2D eigenvalue weighted by Gasteiger charge is -2.06. The molecule has 0 heterocycles. The first-order valence-electron chi connectivity index (χ1n) is 5.93. The van der Waals surface area contributed by atoms with Crippen LogP contribution in [-0.4, -0.2) is 11.0 Å². The van der Waals surface area contributed by atoms with Crippen molar-refractivity contribution >= 4 is 17.5 Å². The highest BCUT2D eigenvalue weighted by Gasteiger charge is 2.06. The largest absolute Gasteiger partial charge is 0.508 e. The van der Waals surface area contributed by atoms with E-state index in [9.17, 15) is 9.90 Å². The Morgan fingerprint density at radius 1 is 1.11 bits per heavy atom. The number of para-hydroxylation sites is 1. The van der Waals surface area contributed by atoms with Gasteiger partial charge in [0.1, 0.15) is 5.75 Å². The molecule has 1 amide bonds. The van der Waals surface area contributed by atoms with Crippen molar-refractivity contribution in [3.63, 3.8) is 0 Å². The van der Waals surface area contributed by atoms with E-state index in [2.05, 4.69) is 5.32 Å². The summed E-state index contributed by atoms with van der Waals surface area (Å²) < 4.78 is 0. The van der Waals surface area contributed by atoms with Crippen molar-refractivity contribution in [2.24, 2.45) is 0 Å². The van der Waals surface area contributed by atoms with E-state index in [0.29, 0.717) is 17.1 Å². The third-order valence-electron chi connectivity index (χ3n) is 2.75. The number of hydrogen-bond donors (Lipinski definition) is 2. The van der Waals surface area contributed by atoms with E-state index in [1.165, 1.54) is 0 Å². The van der Waals surface area contributed by atoms with Crippen LogP contribution in [-0.2, 0) is 17.8 Å². The number of phenols is 1. The number of amides is 1. The Balaban J connectivity index is 1.88. The standard InChI is InChI=1S/C15H14ClNO2/c16-13-7-5-11(6-8-13)10-17-15(19)9-12-3-1-2-4-14(12)18/h1-8,18H,9-10H2,(H,17,19). The number of rotatable bonds is 4. The van der Waals surface area contributed by atoms with E-state index in [0.717, 1.165) is 5.56 Å². The van der Waals surface area contributed by atoms with Crippen molar-refractivity contribution in [3.05, 3.63) is 64.7 Å². The topological polar surface area (TPSA) is 49.3 Å². The summed E-state index contributed by atoms with van der Waals surface area (Å²) in [5.41, 5.74) is 1.60. The Hall–Kier alpha value is -2.00. The van der Waals surface area contributed by atoms with E-state index < -0.39 is 0 Å². The lowest BCUT2D eigenvalue weighted by atomic mass is 10.1. The van der Waals surface area contributed by atoms with Crippen LogP contribution in [0.25, 0.3) is 0 Å². The third-order valence-corrected chi connectivity index (χ3v) is 3.00. The van der Waals surface area contributed by atoms with E-state index in [4.69, 9.17) is 11.6 Å². The minimum atomic E-state index is -0.128. The third kappa shape index (κ3) is 4.00. The van der Waals surface area contributed by atoms with Crippen LogP contribution in [0, 0.1) is 0 Å². The summed E-state index contributed by atoms with van der Waals surface area (Å²) in [6.45, 7) is 0.448. The van der Waals surface area contributed by atoms with Crippen LogP contribution in [0.5, 0.6) is 5.75 Å². The van der Waals surface area contributed by atoms with Gasteiger partial charge in [0.15, 0.2) is 0 Å². The van der Waals surface area contributed by atoms with Crippen LogP contribution >= 0.6 is 11.6 Å². The van der Waals surface area contributed by atoms with Crippen molar-refractivity contribution < 1.29 is 9.90 Å². The fourth-order valence-electron chi connectivity index (χ4n) is 1.70. The molecule has 98 valence electrons. The number of halogens is 1. The van der Waals surface area contributed by atoms with Gasteiger partial charge in [-0.15, -0.1) is 0 Å². The SMILES string of the molecule is O=C(Cc1ccccc1O)NCc1ccc(Cl)cc1. The second kappa shape index (κ2) is 6.25. The molecular formula is C15H14ClNO2. The predicted octanol–water partition coefficient (Wildman–Crippen LogP) is 2.90. The van der Waals surface area contributed by atoms with Crippen LogP contribution in [0.1, 0.15) is 11.1 Å². The second-order valence-corrected chi connectivity index (χ2v) is 4.65. The molecule has 0 aliphatic heterocycles. The van der Waals surface area contributed by atoms with Crippen LogP contribution in [0.2, 0.25) is 5.02 Å². The molecule has 4 heteroatoms. The Morgan fingerprint density at radius 2 is 1.79 bits per heavy atom. The Labute approximate surface area is 116 Å². The summed E-state index contributed by atoms with van der Waals surface area (Å²) in [6.07, 6.45) is 0.167. The van der Waals surface area contributed by atoms with Crippen LogP contribution < -0.4 is 5.32 Å². The minimum absolute atomic E-state index is 0.128. The molecule has 19 heavy (non-hydrogen) atoms. The van der Waals surface area contributed by atoms with Gasteiger partial charge in [0.2, 0.25) is 5.91 Å². The van der Waals surface area contributed by atoms with E-state index in [1.54, 1.807) is 36.4 Å². The van der Waals surface area contributed by atoms with Gasteiger partial charge in [0, 0.05) is 17.1 Å². The number of hydrogen-bond acceptors (Lipinski definition) is 2. The summed E-state index contributed by atoms with van der Waals surface area (Å²) in [7, 11) is 0. The van der Waals surface area contributed by atoms with Gasteiger partial charge in [-0.05, 0) is 23.8 Å². The molecular weight excluding hydrogens is 262 g/mol. The molecule has 0 saturated heterocycles.